The number of ether oxygens (including phenoxy) is 1. The van der Waals surface area contributed by atoms with E-state index in [1.807, 2.05) is 24.4 Å². The summed E-state index contributed by atoms with van der Waals surface area (Å²) < 4.78 is 11.8. The number of amides is 1. The maximum Gasteiger partial charge on any atom is 0.339 e. The summed E-state index contributed by atoms with van der Waals surface area (Å²) in [5.41, 5.74) is 1.55. The summed E-state index contributed by atoms with van der Waals surface area (Å²) in [4.78, 5) is 30.3. The molecule has 0 radical (unpaired) electrons. The first-order valence-electron chi connectivity index (χ1n) is 8.86. The number of carbonyl (C=O) groups excluding carboxylic acids is 2. The van der Waals surface area contributed by atoms with Crippen LogP contribution in [0.2, 0.25) is 0 Å². The van der Waals surface area contributed by atoms with Crippen molar-refractivity contribution in [2.24, 2.45) is 0 Å². The number of nitrogens with zero attached hydrogens (tertiary/aromatic N) is 4. The number of aryl methyl sites for hydroxylation is 2. The number of anilines is 1. The third-order valence-electron chi connectivity index (χ3n) is 4.13. The minimum Gasteiger partial charge on any atom is -0.452 e. The predicted molar refractivity (Wildman–Crippen MR) is 107 cm³/mol. The van der Waals surface area contributed by atoms with Gasteiger partial charge < -0.3 is 14.6 Å². The standard InChI is InChI=1S/C19H17N5O4S/c1-3-24-18-13(9-20-24)12(8-14(21-18)15-5-4-6-29-15)19(26)27-10-17(25)22-16-7-11(2)28-23-16/h4-9H,3,10H2,1-2H3,(H,22,23,25). The SMILES string of the molecule is CCn1ncc2c(C(=O)OCC(=O)Nc3cc(C)on3)cc(-c3cccs3)nc21. The molecule has 0 aliphatic heterocycles. The molecule has 4 aromatic heterocycles. The van der Waals surface area contributed by atoms with Gasteiger partial charge in [-0.05, 0) is 31.4 Å². The average Bonchev–Trinajstić information content (AvgIpc) is 3.46. The van der Waals surface area contributed by atoms with Crippen LogP contribution < -0.4 is 5.32 Å². The first-order valence-corrected chi connectivity index (χ1v) is 9.74. The number of hydrogen-bond acceptors (Lipinski definition) is 8. The van der Waals surface area contributed by atoms with Crippen LogP contribution >= 0.6 is 11.3 Å². The van der Waals surface area contributed by atoms with Gasteiger partial charge in [0.05, 0.1) is 27.7 Å². The van der Waals surface area contributed by atoms with Crippen molar-refractivity contribution in [3.05, 3.63) is 47.2 Å². The Bertz CT molecular complexity index is 1180. The Labute approximate surface area is 169 Å². The molecule has 1 amide bonds. The van der Waals surface area contributed by atoms with Gasteiger partial charge in [0.2, 0.25) is 0 Å². The summed E-state index contributed by atoms with van der Waals surface area (Å²) >= 11 is 1.52. The van der Waals surface area contributed by atoms with Crippen LogP contribution in [0.25, 0.3) is 21.6 Å². The minimum atomic E-state index is -0.627. The Morgan fingerprint density at radius 3 is 2.90 bits per heavy atom. The molecule has 0 bridgehead atoms. The Morgan fingerprint density at radius 2 is 2.21 bits per heavy atom. The van der Waals surface area contributed by atoms with E-state index in [9.17, 15) is 9.59 Å². The second kappa shape index (κ2) is 7.84. The maximum atomic E-state index is 12.7. The molecule has 0 spiro atoms. The van der Waals surface area contributed by atoms with Crippen LogP contribution in [-0.2, 0) is 16.1 Å². The lowest BCUT2D eigenvalue weighted by molar-refractivity contribution is -0.119. The number of rotatable bonds is 6. The van der Waals surface area contributed by atoms with E-state index in [4.69, 9.17) is 9.26 Å². The number of hydrogen-bond donors (Lipinski definition) is 1. The lowest BCUT2D eigenvalue weighted by atomic mass is 10.1. The van der Waals surface area contributed by atoms with Crippen LogP contribution in [0.1, 0.15) is 23.0 Å². The van der Waals surface area contributed by atoms with Gasteiger partial charge in [0.1, 0.15) is 5.76 Å². The van der Waals surface area contributed by atoms with E-state index in [1.165, 1.54) is 11.3 Å². The van der Waals surface area contributed by atoms with Crippen LogP contribution in [0, 0.1) is 6.92 Å². The van der Waals surface area contributed by atoms with Crippen molar-refractivity contribution in [1.29, 1.82) is 0 Å². The fourth-order valence-corrected chi connectivity index (χ4v) is 3.50. The largest absolute Gasteiger partial charge is 0.452 e. The quantitative estimate of drug-likeness (QED) is 0.485. The Balaban J connectivity index is 1.57. The Morgan fingerprint density at radius 1 is 1.34 bits per heavy atom. The molecule has 0 aliphatic carbocycles. The van der Waals surface area contributed by atoms with Gasteiger partial charge >= 0.3 is 5.97 Å². The van der Waals surface area contributed by atoms with Gasteiger partial charge in [-0.1, -0.05) is 11.2 Å². The lowest BCUT2D eigenvalue weighted by Crippen LogP contribution is -2.21. The van der Waals surface area contributed by atoms with E-state index in [0.717, 1.165) is 4.88 Å². The number of thiophene rings is 1. The first kappa shape index (κ1) is 18.8. The van der Waals surface area contributed by atoms with E-state index in [2.05, 4.69) is 20.6 Å². The summed E-state index contributed by atoms with van der Waals surface area (Å²) in [6.45, 7) is 3.81. The van der Waals surface area contributed by atoms with Gasteiger partial charge in [-0.3, -0.25) is 4.79 Å². The number of aromatic nitrogens is 4. The number of pyridine rings is 1. The molecule has 1 N–H and O–H groups in total. The molecule has 9 nitrogen and oxygen atoms in total. The van der Waals surface area contributed by atoms with Crippen molar-refractivity contribution in [2.45, 2.75) is 20.4 Å². The van der Waals surface area contributed by atoms with Crippen molar-refractivity contribution in [1.82, 2.24) is 19.9 Å². The summed E-state index contributed by atoms with van der Waals surface area (Å²) in [5.74, 6) is -0.318. The molecular weight excluding hydrogens is 394 g/mol. The van der Waals surface area contributed by atoms with Crippen LogP contribution in [0.5, 0.6) is 0 Å². The monoisotopic (exact) mass is 411 g/mol. The van der Waals surface area contributed by atoms with Gasteiger partial charge in [0, 0.05) is 12.6 Å². The fraction of sp³-hybridized carbons (Fsp3) is 0.211. The highest BCUT2D eigenvalue weighted by atomic mass is 32.1. The molecule has 0 saturated heterocycles. The van der Waals surface area contributed by atoms with Crippen molar-refractivity contribution in [2.75, 3.05) is 11.9 Å². The number of nitrogens with one attached hydrogen (secondary N) is 1. The van der Waals surface area contributed by atoms with Gasteiger partial charge in [-0.15, -0.1) is 11.3 Å². The second-order valence-electron chi connectivity index (χ2n) is 6.18. The second-order valence-corrected chi connectivity index (χ2v) is 7.12. The van der Waals surface area contributed by atoms with Crippen molar-refractivity contribution in [3.63, 3.8) is 0 Å². The highest BCUT2D eigenvalue weighted by Crippen LogP contribution is 2.28. The van der Waals surface area contributed by atoms with E-state index in [1.54, 1.807) is 29.9 Å². The van der Waals surface area contributed by atoms with Crippen molar-refractivity contribution >= 4 is 40.1 Å². The fourth-order valence-electron chi connectivity index (χ4n) is 2.81. The Hall–Kier alpha value is -3.53. The summed E-state index contributed by atoms with van der Waals surface area (Å²) in [5, 5.41) is 13.0. The van der Waals surface area contributed by atoms with Gasteiger partial charge in [0.25, 0.3) is 5.91 Å². The van der Waals surface area contributed by atoms with Crippen molar-refractivity contribution in [3.8, 4) is 10.6 Å². The molecule has 4 rings (SSSR count). The number of fused-ring (bicyclic) bond motifs is 1. The molecule has 4 heterocycles. The van der Waals surface area contributed by atoms with E-state index >= 15 is 0 Å². The predicted octanol–water partition coefficient (Wildman–Crippen LogP) is 3.27. The highest BCUT2D eigenvalue weighted by molar-refractivity contribution is 7.13. The van der Waals surface area contributed by atoms with Gasteiger partial charge in [0.15, 0.2) is 18.1 Å². The molecule has 0 fully saturated rings. The molecule has 0 unspecified atom stereocenters. The molecule has 148 valence electrons. The molecule has 0 atom stereocenters. The summed E-state index contributed by atoms with van der Waals surface area (Å²) in [6, 6.07) is 7.07. The molecule has 10 heteroatoms. The zero-order valence-electron chi connectivity index (χ0n) is 15.7. The minimum absolute atomic E-state index is 0.263. The number of carbonyl (C=O) groups is 2. The smallest absolute Gasteiger partial charge is 0.339 e. The third-order valence-corrected chi connectivity index (χ3v) is 5.02. The molecule has 0 aromatic carbocycles. The third kappa shape index (κ3) is 3.87. The zero-order valence-corrected chi connectivity index (χ0v) is 16.5. The average molecular weight is 411 g/mol. The lowest BCUT2D eigenvalue weighted by Gasteiger charge is -2.08. The highest BCUT2D eigenvalue weighted by Gasteiger charge is 2.20. The van der Waals surface area contributed by atoms with E-state index in [-0.39, 0.29) is 5.82 Å². The topological polar surface area (TPSA) is 112 Å². The zero-order chi connectivity index (χ0) is 20.4. The summed E-state index contributed by atoms with van der Waals surface area (Å²) in [6.07, 6.45) is 1.58. The molecule has 4 aromatic rings. The van der Waals surface area contributed by atoms with Crippen LogP contribution in [0.4, 0.5) is 5.82 Å². The van der Waals surface area contributed by atoms with Crippen LogP contribution in [0.15, 0.2) is 40.4 Å². The number of esters is 1. The molecule has 29 heavy (non-hydrogen) atoms. The molecular formula is C19H17N5O4S. The molecule has 0 aliphatic rings. The Kier molecular flexibility index (Phi) is 5.09. The normalized spacial score (nSPS) is 11.0. The molecule has 0 saturated carbocycles. The van der Waals surface area contributed by atoms with Crippen LogP contribution in [0.3, 0.4) is 0 Å². The maximum absolute atomic E-state index is 12.7. The van der Waals surface area contributed by atoms with Gasteiger partial charge in [-0.25, -0.2) is 14.5 Å². The van der Waals surface area contributed by atoms with Gasteiger partial charge in [-0.2, -0.15) is 5.10 Å². The van der Waals surface area contributed by atoms with Crippen molar-refractivity contribution < 1.29 is 18.8 Å². The first-order chi connectivity index (χ1) is 14.0. The van der Waals surface area contributed by atoms with E-state index in [0.29, 0.717) is 34.6 Å². The van der Waals surface area contributed by atoms with E-state index < -0.39 is 18.5 Å². The summed E-state index contributed by atoms with van der Waals surface area (Å²) in [7, 11) is 0. The van der Waals surface area contributed by atoms with Crippen LogP contribution in [-0.4, -0.2) is 38.4 Å².